The van der Waals surface area contributed by atoms with Gasteiger partial charge in [-0.15, -0.1) is 11.3 Å². The minimum absolute atomic E-state index is 0.0779. The maximum absolute atomic E-state index is 12.1. The number of amides is 1. The van der Waals surface area contributed by atoms with Crippen LogP contribution in [0.15, 0.2) is 28.7 Å². The van der Waals surface area contributed by atoms with Gasteiger partial charge in [-0.2, -0.15) is 5.26 Å². The molecular formula is C18H17BrN2O2S. The highest BCUT2D eigenvalue weighted by molar-refractivity contribution is 9.10. The second kappa shape index (κ2) is 7.37. The van der Waals surface area contributed by atoms with E-state index in [1.807, 2.05) is 12.1 Å². The van der Waals surface area contributed by atoms with Crippen LogP contribution in [0.2, 0.25) is 0 Å². The van der Waals surface area contributed by atoms with Crippen molar-refractivity contribution in [2.24, 2.45) is 5.92 Å². The number of anilines is 1. The first-order valence-corrected chi connectivity index (χ1v) is 9.40. The number of ether oxygens (including phenoxy) is 1. The zero-order valence-electron chi connectivity index (χ0n) is 13.3. The number of hydrogen-bond donors (Lipinski definition) is 1. The molecule has 0 bridgehead atoms. The molecule has 24 heavy (non-hydrogen) atoms. The van der Waals surface area contributed by atoms with E-state index < -0.39 is 0 Å². The molecule has 1 N–H and O–H groups in total. The van der Waals surface area contributed by atoms with Gasteiger partial charge in [0.05, 0.1) is 5.56 Å². The Kier molecular flexibility index (Phi) is 5.22. The van der Waals surface area contributed by atoms with Crippen molar-refractivity contribution in [3.8, 4) is 11.8 Å². The van der Waals surface area contributed by atoms with Crippen LogP contribution in [0.5, 0.6) is 5.75 Å². The van der Waals surface area contributed by atoms with Gasteiger partial charge in [-0.3, -0.25) is 4.79 Å². The molecular weight excluding hydrogens is 388 g/mol. The maximum Gasteiger partial charge on any atom is 0.262 e. The molecule has 0 aliphatic heterocycles. The van der Waals surface area contributed by atoms with Gasteiger partial charge in [-0.1, -0.05) is 22.9 Å². The monoisotopic (exact) mass is 404 g/mol. The average Bonchev–Trinajstić information content (AvgIpc) is 2.90. The third-order valence-electron chi connectivity index (χ3n) is 4.06. The zero-order valence-corrected chi connectivity index (χ0v) is 15.7. The van der Waals surface area contributed by atoms with Gasteiger partial charge in [0, 0.05) is 9.35 Å². The first-order valence-electron chi connectivity index (χ1n) is 7.79. The second-order valence-corrected chi connectivity index (χ2v) is 7.98. The lowest BCUT2D eigenvalue weighted by molar-refractivity contribution is -0.118. The highest BCUT2D eigenvalue weighted by Gasteiger charge is 2.24. The number of nitrogens with zero attached hydrogens (tertiary/aromatic N) is 1. The van der Waals surface area contributed by atoms with Gasteiger partial charge in [0.25, 0.3) is 5.91 Å². The number of nitrogens with one attached hydrogen (secondary N) is 1. The molecule has 0 fully saturated rings. The van der Waals surface area contributed by atoms with Crippen molar-refractivity contribution in [1.29, 1.82) is 5.26 Å². The van der Waals surface area contributed by atoms with Crippen molar-refractivity contribution in [3.63, 3.8) is 0 Å². The van der Waals surface area contributed by atoms with Crippen LogP contribution in [0.1, 0.15) is 29.3 Å². The Hall–Kier alpha value is -1.84. The number of benzene rings is 1. The lowest BCUT2D eigenvalue weighted by Gasteiger charge is -2.17. The van der Waals surface area contributed by atoms with Crippen molar-refractivity contribution in [2.45, 2.75) is 26.2 Å². The van der Waals surface area contributed by atoms with E-state index >= 15 is 0 Å². The Morgan fingerprint density at radius 3 is 2.92 bits per heavy atom. The smallest absolute Gasteiger partial charge is 0.262 e. The topological polar surface area (TPSA) is 62.1 Å². The molecule has 1 heterocycles. The summed E-state index contributed by atoms with van der Waals surface area (Å²) < 4.78 is 6.43. The molecule has 1 atom stereocenters. The van der Waals surface area contributed by atoms with E-state index in [-0.39, 0.29) is 12.5 Å². The Morgan fingerprint density at radius 2 is 2.21 bits per heavy atom. The molecule has 0 saturated heterocycles. The lowest BCUT2D eigenvalue weighted by Crippen LogP contribution is -2.20. The Labute approximate surface area is 153 Å². The molecule has 0 spiro atoms. The third kappa shape index (κ3) is 3.80. The SMILES string of the molecule is C[C@@H]1CCc2c(sc(NC(=O)COc3ccc(Br)cc3)c2C#N)C1. The Balaban J connectivity index is 1.66. The molecule has 1 aliphatic carbocycles. The van der Waals surface area contributed by atoms with E-state index in [2.05, 4.69) is 34.2 Å². The zero-order chi connectivity index (χ0) is 17.1. The highest BCUT2D eigenvalue weighted by atomic mass is 79.9. The first kappa shape index (κ1) is 17.0. The van der Waals surface area contributed by atoms with Gasteiger partial charge in [0.1, 0.15) is 16.8 Å². The number of halogens is 1. The first-order chi connectivity index (χ1) is 11.6. The number of rotatable bonds is 4. The summed E-state index contributed by atoms with van der Waals surface area (Å²) in [5, 5.41) is 12.9. The summed E-state index contributed by atoms with van der Waals surface area (Å²) >= 11 is 4.88. The fraction of sp³-hybridized carbons (Fsp3) is 0.333. The molecule has 124 valence electrons. The summed E-state index contributed by atoms with van der Waals surface area (Å²) in [6, 6.07) is 9.56. The number of fused-ring (bicyclic) bond motifs is 1. The van der Waals surface area contributed by atoms with Crippen LogP contribution in [-0.4, -0.2) is 12.5 Å². The fourth-order valence-electron chi connectivity index (χ4n) is 2.80. The predicted molar refractivity (Wildman–Crippen MR) is 98.5 cm³/mol. The summed E-state index contributed by atoms with van der Waals surface area (Å²) in [6.45, 7) is 2.14. The Morgan fingerprint density at radius 1 is 1.46 bits per heavy atom. The number of carbonyl (C=O) groups excluding carboxylic acids is 1. The number of hydrogen-bond acceptors (Lipinski definition) is 4. The molecule has 1 aromatic carbocycles. The van der Waals surface area contributed by atoms with Crippen molar-refractivity contribution < 1.29 is 9.53 Å². The molecule has 0 radical (unpaired) electrons. The van der Waals surface area contributed by atoms with E-state index in [1.54, 1.807) is 12.1 Å². The van der Waals surface area contributed by atoms with Crippen LogP contribution in [0.25, 0.3) is 0 Å². The van der Waals surface area contributed by atoms with Gasteiger partial charge < -0.3 is 10.1 Å². The predicted octanol–water partition coefficient (Wildman–Crippen LogP) is 4.52. The Bertz CT molecular complexity index is 793. The average molecular weight is 405 g/mol. The van der Waals surface area contributed by atoms with Crippen LogP contribution in [-0.2, 0) is 17.6 Å². The molecule has 0 saturated carbocycles. The van der Waals surface area contributed by atoms with Crippen LogP contribution < -0.4 is 10.1 Å². The standard InChI is InChI=1S/C18H17BrN2O2S/c1-11-2-7-14-15(9-20)18(24-16(14)8-11)21-17(22)10-23-13-5-3-12(19)4-6-13/h3-6,11H,2,7-8,10H2,1H3,(H,21,22)/t11-/m1/s1. The van der Waals surface area contributed by atoms with Gasteiger partial charge in [-0.25, -0.2) is 0 Å². The van der Waals surface area contributed by atoms with Crippen LogP contribution in [0.4, 0.5) is 5.00 Å². The van der Waals surface area contributed by atoms with Gasteiger partial charge in [0.2, 0.25) is 0 Å². The summed E-state index contributed by atoms with van der Waals surface area (Å²) in [6.07, 6.45) is 3.00. The summed E-state index contributed by atoms with van der Waals surface area (Å²) in [5.41, 5.74) is 1.74. The van der Waals surface area contributed by atoms with Gasteiger partial charge in [0.15, 0.2) is 6.61 Å². The van der Waals surface area contributed by atoms with Gasteiger partial charge in [-0.05, 0) is 55.0 Å². The highest BCUT2D eigenvalue weighted by Crippen LogP contribution is 2.39. The number of carbonyl (C=O) groups is 1. The third-order valence-corrected chi connectivity index (χ3v) is 5.76. The van der Waals surface area contributed by atoms with Crippen LogP contribution in [0.3, 0.4) is 0 Å². The molecule has 3 rings (SSSR count). The maximum atomic E-state index is 12.1. The van der Waals surface area contributed by atoms with Crippen LogP contribution in [0, 0.1) is 17.2 Å². The lowest BCUT2D eigenvalue weighted by atomic mass is 9.89. The van der Waals surface area contributed by atoms with Crippen LogP contribution >= 0.6 is 27.3 Å². The fourth-order valence-corrected chi connectivity index (χ4v) is 4.44. The molecule has 6 heteroatoms. The molecule has 1 amide bonds. The van der Waals surface area contributed by atoms with E-state index in [0.29, 0.717) is 22.2 Å². The van der Waals surface area contributed by atoms with E-state index in [0.717, 1.165) is 29.3 Å². The van der Waals surface area contributed by atoms with Crippen molar-refractivity contribution in [3.05, 3.63) is 44.7 Å². The number of nitriles is 1. The van der Waals surface area contributed by atoms with E-state index in [1.165, 1.54) is 16.2 Å². The minimum atomic E-state index is -0.249. The molecule has 1 aromatic heterocycles. The summed E-state index contributed by atoms with van der Waals surface area (Å²) in [7, 11) is 0. The minimum Gasteiger partial charge on any atom is -0.484 e. The van der Waals surface area contributed by atoms with E-state index in [4.69, 9.17) is 4.74 Å². The van der Waals surface area contributed by atoms with Crippen molar-refractivity contribution in [1.82, 2.24) is 0 Å². The molecule has 2 aromatic rings. The molecule has 0 unspecified atom stereocenters. The summed E-state index contributed by atoms with van der Waals surface area (Å²) in [5.74, 6) is 1.02. The van der Waals surface area contributed by atoms with E-state index in [9.17, 15) is 10.1 Å². The molecule has 4 nitrogen and oxygen atoms in total. The summed E-state index contributed by atoms with van der Waals surface area (Å²) in [4.78, 5) is 13.4. The van der Waals surface area contributed by atoms with Crippen molar-refractivity contribution in [2.75, 3.05) is 11.9 Å². The quantitative estimate of drug-likeness (QED) is 0.814. The number of thiophene rings is 1. The van der Waals surface area contributed by atoms with Gasteiger partial charge >= 0.3 is 0 Å². The van der Waals surface area contributed by atoms with Crippen molar-refractivity contribution >= 4 is 38.2 Å². The molecule has 1 aliphatic rings. The normalized spacial score (nSPS) is 16.1. The largest absolute Gasteiger partial charge is 0.484 e. The second-order valence-electron chi connectivity index (χ2n) is 5.96.